The minimum atomic E-state index is -4.90. The van der Waals surface area contributed by atoms with Crippen molar-refractivity contribution in [2.24, 2.45) is 0 Å². The maximum Gasteiger partial charge on any atom is 0.417 e. The number of nitrogen functional groups attached to an aromatic ring is 1. The van der Waals surface area contributed by atoms with Crippen molar-refractivity contribution in [2.75, 3.05) is 5.73 Å². The molecule has 0 unspecified atom stereocenters. The summed E-state index contributed by atoms with van der Waals surface area (Å²) in [5.74, 6) is -1.98. The maximum absolute atomic E-state index is 14.4. The molecule has 1 aromatic carbocycles. The number of aromatic amines is 1. The maximum atomic E-state index is 14.4. The fourth-order valence-electron chi connectivity index (χ4n) is 2.07. The Morgan fingerprint density at radius 3 is 2.25 bits per heavy atom. The van der Waals surface area contributed by atoms with Crippen molar-refractivity contribution < 1.29 is 17.6 Å². The van der Waals surface area contributed by atoms with Gasteiger partial charge in [0.25, 0.3) is 5.56 Å². The van der Waals surface area contributed by atoms with Crippen LogP contribution in [0, 0.1) is 28.5 Å². The summed E-state index contributed by atoms with van der Waals surface area (Å²) in [5, 5.41) is 16.9. The van der Waals surface area contributed by atoms with E-state index < -0.39 is 56.2 Å². The van der Waals surface area contributed by atoms with Crippen LogP contribution in [0.2, 0.25) is 5.02 Å². The van der Waals surface area contributed by atoms with Gasteiger partial charge in [0.2, 0.25) is 0 Å². The predicted octanol–water partition coefficient (Wildman–Crippen LogP) is 3.18. The van der Waals surface area contributed by atoms with E-state index in [1.807, 2.05) is 4.98 Å². The summed E-state index contributed by atoms with van der Waals surface area (Å²) in [6.07, 6.45) is -4.90. The quantitative estimate of drug-likeness (QED) is 0.765. The topological polar surface area (TPSA) is 106 Å². The largest absolute Gasteiger partial charge is 0.417 e. The van der Waals surface area contributed by atoms with Crippen molar-refractivity contribution in [1.29, 1.82) is 10.5 Å². The molecule has 0 aliphatic rings. The lowest BCUT2D eigenvalue weighted by Crippen LogP contribution is -2.17. The normalized spacial score (nSPS) is 11.0. The van der Waals surface area contributed by atoms with E-state index in [1.165, 1.54) is 6.07 Å². The summed E-state index contributed by atoms with van der Waals surface area (Å²) in [6, 6.07) is 4.22. The molecule has 0 atom stereocenters. The number of pyridine rings is 1. The van der Waals surface area contributed by atoms with Gasteiger partial charge in [-0.3, -0.25) is 4.79 Å². The molecule has 122 valence electrons. The molecule has 10 heteroatoms. The van der Waals surface area contributed by atoms with E-state index in [0.29, 0.717) is 12.1 Å². The van der Waals surface area contributed by atoms with Crippen molar-refractivity contribution >= 4 is 17.4 Å². The van der Waals surface area contributed by atoms with Gasteiger partial charge in [-0.25, -0.2) is 4.39 Å². The van der Waals surface area contributed by atoms with Gasteiger partial charge < -0.3 is 10.7 Å². The second-order valence-corrected chi connectivity index (χ2v) is 4.88. The number of benzene rings is 1. The number of halogens is 5. The standard InChI is InChI=1S/C14H5ClF4N4O/c15-10-8(14(17,18)19)2-1-5(11(10)16)9-6(3-20)12(22)23-13(24)7(9)4-21/h1-2H,(H3,22,23,24). The van der Waals surface area contributed by atoms with E-state index in [0.717, 1.165) is 0 Å². The van der Waals surface area contributed by atoms with Crippen molar-refractivity contribution in [1.82, 2.24) is 4.98 Å². The number of alkyl halides is 3. The Kier molecular flexibility index (Phi) is 4.24. The van der Waals surface area contributed by atoms with E-state index in [1.54, 1.807) is 6.07 Å². The number of hydrogen-bond acceptors (Lipinski definition) is 4. The number of aromatic nitrogens is 1. The van der Waals surface area contributed by atoms with Gasteiger partial charge in [-0.2, -0.15) is 23.7 Å². The van der Waals surface area contributed by atoms with Crippen LogP contribution in [-0.2, 0) is 6.18 Å². The molecule has 0 aliphatic heterocycles. The molecule has 3 N–H and O–H groups in total. The zero-order valence-corrected chi connectivity index (χ0v) is 12.2. The summed E-state index contributed by atoms with van der Waals surface area (Å²) < 4.78 is 52.6. The Morgan fingerprint density at radius 1 is 1.17 bits per heavy atom. The molecular formula is C14H5ClF4N4O. The van der Waals surface area contributed by atoms with Crippen LogP contribution in [0.4, 0.5) is 23.4 Å². The third kappa shape index (κ3) is 2.66. The number of hydrogen-bond donors (Lipinski definition) is 2. The molecule has 0 fully saturated rings. The predicted molar refractivity (Wildman–Crippen MR) is 76.3 cm³/mol. The van der Waals surface area contributed by atoms with Gasteiger partial charge in [0.05, 0.1) is 10.6 Å². The molecule has 0 radical (unpaired) electrons. The van der Waals surface area contributed by atoms with Crippen molar-refractivity contribution in [3.63, 3.8) is 0 Å². The zero-order valence-electron chi connectivity index (χ0n) is 11.4. The molecule has 5 nitrogen and oxygen atoms in total. The molecule has 2 aromatic rings. The highest BCUT2D eigenvalue weighted by molar-refractivity contribution is 6.32. The summed E-state index contributed by atoms with van der Waals surface area (Å²) in [7, 11) is 0. The molecule has 2 rings (SSSR count). The van der Waals surface area contributed by atoms with Crippen LogP contribution in [0.1, 0.15) is 16.7 Å². The third-order valence-electron chi connectivity index (χ3n) is 3.13. The van der Waals surface area contributed by atoms with E-state index in [-0.39, 0.29) is 0 Å². The van der Waals surface area contributed by atoms with E-state index >= 15 is 0 Å². The number of nitrogens with two attached hydrogens (primary N) is 1. The number of nitrogens with one attached hydrogen (secondary N) is 1. The molecule has 1 aromatic heterocycles. The highest BCUT2D eigenvalue weighted by Crippen LogP contribution is 2.40. The van der Waals surface area contributed by atoms with Crippen LogP contribution in [0.15, 0.2) is 16.9 Å². The fraction of sp³-hybridized carbons (Fsp3) is 0.0714. The molecule has 0 amide bonds. The first-order valence-corrected chi connectivity index (χ1v) is 6.42. The Bertz CT molecular complexity index is 983. The number of nitrogens with zero attached hydrogens (tertiary/aromatic N) is 2. The summed E-state index contributed by atoms with van der Waals surface area (Å²) in [5.41, 5.74) is 0.754. The van der Waals surface area contributed by atoms with Crippen molar-refractivity contribution in [2.45, 2.75) is 6.18 Å². The number of H-pyrrole nitrogens is 1. The van der Waals surface area contributed by atoms with Crippen LogP contribution in [0.5, 0.6) is 0 Å². The number of rotatable bonds is 1. The van der Waals surface area contributed by atoms with Crippen LogP contribution >= 0.6 is 11.6 Å². The van der Waals surface area contributed by atoms with E-state index in [9.17, 15) is 22.4 Å². The van der Waals surface area contributed by atoms with Gasteiger partial charge >= 0.3 is 6.18 Å². The van der Waals surface area contributed by atoms with Gasteiger partial charge in [0.1, 0.15) is 34.9 Å². The molecule has 0 saturated carbocycles. The molecule has 24 heavy (non-hydrogen) atoms. The first-order chi connectivity index (χ1) is 11.1. The summed E-state index contributed by atoms with van der Waals surface area (Å²) in [6.45, 7) is 0. The van der Waals surface area contributed by atoms with Crippen LogP contribution in [-0.4, -0.2) is 4.98 Å². The monoisotopic (exact) mass is 356 g/mol. The molecule has 1 heterocycles. The Morgan fingerprint density at radius 2 is 1.75 bits per heavy atom. The Hall–Kier alpha value is -3.04. The average Bonchev–Trinajstić information content (AvgIpc) is 2.48. The first kappa shape index (κ1) is 17.3. The highest BCUT2D eigenvalue weighted by atomic mass is 35.5. The van der Waals surface area contributed by atoms with Crippen molar-refractivity contribution in [3.05, 3.63) is 50.0 Å². The van der Waals surface area contributed by atoms with Gasteiger partial charge in [-0.1, -0.05) is 17.7 Å². The van der Waals surface area contributed by atoms with Crippen LogP contribution < -0.4 is 11.3 Å². The minimum Gasteiger partial charge on any atom is -0.384 e. The molecular weight excluding hydrogens is 352 g/mol. The smallest absolute Gasteiger partial charge is 0.384 e. The number of anilines is 1. The van der Waals surface area contributed by atoms with Gasteiger partial charge in [-0.15, -0.1) is 0 Å². The summed E-state index contributed by atoms with van der Waals surface area (Å²) >= 11 is 5.43. The lowest BCUT2D eigenvalue weighted by molar-refractivity contribution is -0.137. The van der Waals surface area contributed by atoms with E-state index in [4.69, 9.17) is 27.9 Å². The summed E-state index contributed by atoms with van der Waals surface area (Å²) in [4.78, 5) is 13.8. The second-order valence-electron chi connectivity index (χ2n) is 4.50. The third-order valence-corrected chi connectivity index (χ3v) is 3.49. The molecule has 0 bridgehead atoms. The number of nitriles is 2. The SMILES string of the molecule is N#Cc1c(N)[nH]c(=O)c(C#N)c1-c1ccc(C(F)(F)F)c(Cl)c1F. The minimum absolute atomic E-state index is 0.452. The molecule has 0 spiro atoms. The van der Waals surface area contributed by atoms with Crippen molar-refractivity contribution in [3.8, 4) is 23.3 Å². The Labute approximate surface area is 136 Å². The first-order valence-electron chi connectivity index (χ1n) is 6.05. The van der Waals surface area contributed by atoms with E-state index in [2.05, 4.69) is 0 Å². The van der Waals surface area contributed by atoms with Crippen LogP contribution in [0.25, 0.3) is 11.1 Å². The second kappa shape index (κ2) is 5.87. The zero-order chi connectivity index (χ0) is 18.2. The lowest BCUT2D eigenvalue weighted by Gasteiger charge is -2.14. The van der Waals surface area contributed by atoms with Gasteiger partial charge in [0, 0.05) is 11.1 Å². The Balaban J connectivity index is 2.95. The van der Waals surface area contributed by atoms with Crippen LogP contribution in [0.3, 0.4) is 0 Å². The highest BCUT2D eigenvalue weighted by Gasteiger charge is 2.35. The average molecular weight is 357 g/mol. The lowest BCUT2D eigenvalue weighted by atomic mass is 9.95. The molecule has 0 saturated heterocycles. The van der Waals surface area contributed by atoms with Gasteiger partial charge in [0.15, 0.2) is 0 Å². The van der Waals surface area contributed by atoms with Gasteiger partial charge in [-0.05, 0) is 6.07 Å². The molecule has 0 aliphatic carbocycles. The fourth-order valence-corrected chi connectivity index (χ4v) is 2.35.